The number of para-hydroxylation sites is 1. The summed E-state index contributed by atoms with van der Waals surface area (Å²) in [7, 11) is 1.43. The predicted octanol–water partition coefficient (Wildman–Crippen LogP) is 1.76. The summed E-state index contributed by atoms with van der Waals surface area (Å²) >= 11 is 0. The molecule has 0 aliphatic carbocycles. The topological polar surface area (TPSA) is 122 Å². The highest BCUT2D eigenvalue weighted by Gasteiger charge is 2.25. The van der Waals surface area contributed by atoms with Gasteiger partial charge in [0.05, 0.1) is 11.4 Å². The Morgan fingerprint density at radius 3 is 2.67 bits per heavy atom. The molecule has 1 unspecified atom stereocenters. The normalized spacial score (nSPS) is 16.6. The van der Waals surface area contributed by atoms with Crippen LogP contribution < -0.4 is 11.1 Å². The number of amidine groups is 1. The molecule has 0 saturated carbocycles. The van der Waals surface area contributed by atoms with Crippen LogP contribution in [-0.4, -0.2) is 43.4 Å². The Morgan fingerprint density at radius 2 is 1.93 bits per heavy atom. The van der Waals surface area contributed by atoms with Gasteiger partial charge in [-0.05, 0) is 6.07 Å². The number of benzodiazepines with no additional fused rings is 1. The molecule has 0 aromatic heterocycles. The van der Waals surface area contributed by atoms with E-state index in [9.17, 15) is 4.79 Å². The molecule has 1 atom stereocenters. The molecule has 27 heavy (non-hydrogen) atoms. The Kier molecular flexibility index (Phi) is 5.58. The third-order valence-electron chi connectivity index (χ3n) is 3.73. The number of fused-ring (bicyclic) bond motifs is 1. The van der Waals surface area contributed by atoms with Gasteiger partial charge in [0.2, 0.25) is 12.1 Å². The smallest absolute Gasteiger partial charge is 0.291 e. The second kappa shape index (κ2) is 8.24. The van der Waals surface area contributed by atoms with Crippen molar-refractivity contribution in [2.75, 3.05) is 19.0 Å². The van der Waals surface area contributed by atoms with Gasteiger partial charge in [-0.3, -0.25) is 10.2 Å². The molecule has 2 aromatic carbocycles. The van der Waals surface area contributed by atoms with Gasteiger partial charge < -0.3 is 20.5 Å². The van der Waals surface area contributed by atoms with Crippen molar-refractivity contribution in [2.24, 2.45) is 15.7 Å². The summed E-state index contributed by atoms with van der Waals surface area (Å²) in [6, 6.07) is 16.5. The molecular formula is C19H19N5O3. The fraction of sp³-hybridized carbons (Fsp3) is 0.158. The minimum absolute atomic E-state index is 0.0585. The predicted molar refractivity (Wildman–Crippen MR) is 103 cm³/mol. The van der Waals surface area contributed by atoms with Crippen LogP contribution in [0.3, 0.4) is 0 Å². The number of nitrogens with zero attached hydrogens (tertiary/aromatic N) is 2. The molecule has 4 N–H and O–H groups in total. The zero-order chi connectivity index (χ0) is 19.2. The van der Waals surface area contributed by atoms with Gasteiger partial charge in [-0.25, -0.2) is 4.99 Å². The maximum absolute atomic E-state index is 12.6. The molecule has 3 rings (SSSR count). The van der Waals surface area contributed by atoms with Crippen molar-refractivity contribution in [1.29, 1.82) is 5.41 Å². The summed E-state index contributed by atoms with van der Waals surface area (Å²) in [6.45, 7) is -0.0585. The van der Waals surface area contributed by atoms with Crippen LogP contribution in [0.25, 0.3) is 0 Å². The fourth-order valence-corrected chi connectivity index (χ4v) is 2.59. The number of anilines is 1. The number of hydrogen-bond donors (Lipinski definition) is 3. The van der Waals surface area contributed by atoms with Crippen LogP contribution in [0.15, 0.2) is 64.6 Å². The van der Waals surface area contributed by atoms with Crippen LogP contribution in [0, 0.1) is 5.41 Å². The van der Waals surface area contributed by atoms with Crippen LogP contribution in [0.4, 0.5) is 5.69 Å². The third kappa shape index (κ3) is 4.36. The molecule has 0 radical (unpaired) electrons. The molecule has 1 aliphatic rings. The summed E-state index contributed by atoms with van der Waals surface area (Å²) in [6.07, 6.45) is -1.15. The third-order valence-corrected chi connectivity index (χ3v) is 3.73. The average molecular weight is 365 g/mol. The van der Waals surface area contributed by atoms with Gasteiger partial charge in [-0.1, -0.05) is 48.5 Å². The van der Waals surface area contributed by atoms with Crippen molar-refractivity contribution in [2.45, 2.75) is 6.17 Å². The van der Waals surface area contributed by atoms with E-state index < -0.39 is 12.1 Å². The Labute approximate surface area is 156 Å². The van der Waals surface area contributed by atoms with Crippen molar-refractivity contribution in [3.63, 3.8) is 0 Å². The van der Waals surface area contributed by atoms with Crippen LogP contribution in [0.5, 0.6) is 0 Å². The highest BCUT2D eigenvalue weighted by atomic mass is 16.5. The average Bonchev–Trinajstić information content (AvgIpc) is 2.79. The zero-order valence-corrected chi connectivity index (χ0v) is 14.7. The van der Waals surface area contributed by atoms with E-state index in [1.807, 2.05) is 48.5 Å². The van der Waals surface area contributed by atoms with E-state index in [0.717, 1.165) is 11.1 Å². The van der Waals surface area contributed by atoms with E-state index in [1.165, 1.54) is 7.11 Å². The second-order valence-corrected chi connectivity index (χ2v) is 5.68. The highest BCUT2D eigenvalue weighted by molar-refractivity contribution is 6.19. The van der Waals surface area contributed by atoms with Gasteiger partial charge in [0.25, 0.3) is 11.9 Å². The first kappa shape index (κ1) is 18.3. The molecule has 2 aromatic rings. The lowest BCUT2D eigenvalue weighted by molar-refractivity contribution is -0.117. The Bertz CT molecular complexity index is 909. The molecule has 0 spiro atoms. The number of carbonyl (C=O) groups excluding carboxylic acids is 1. The number of rotatable bonds is 4. The Hall–Kier alpha value is -3.52. The van der Waals surface area contributed by atoms with Crippen molar-refractivity contribution in [3.8, 4) is 0 Å². The first-order chi connectivity index (χ1) is 13.1. The summed E-state index contributed by atoms with van der Waals surface area (Å²) in [5.41, 5.74) is 8.58. The van der Waals surface area contributed by atoms with E-state index >= 15 is 0 Å². The molecule has 1 heterocycles. The standard InChI is InChI=1S/C19H19N5O3/c1-26-11-15(20)27-19(21)24-17-18(25)22-14-10-6-5-9-13(14)16(23-17)12-7-3-2-4-8-12/h2-10,17,20H,11H2,1H3,(H2,21,24)(H,22,25). The summed E-state index contributed by atoms with van der Waals surface area (Å²) in [5.74, 6) is -0.665. The lowest BCUT2D eigenvalue weighted by Crippen LogP contribution is -2.30. The number of nitrogens with one attached hydrogen (secondary N) is 2. The first-order valence-electron chi connectivity index (χ1n) is 8.19. The minimum Gasteiger partial charge on any atom is -0.409 e. The van der Waals surface area contributed by atoms with Gasteiger partial charge in [0, 0.05) is 18.2 Å². The van der Waals surface area contributed by atoms with Crippen LogP contribution in [0.1, 0.15) is 11.1 Å². The highest BCUT2D eigenvalue weighted by Crippen LogP contribution is 2.24. The van der Waals surface area contributed by atoms with Crippen molar-refractivity contribution in [1.82, 2.24) is 0 Å². The number of ether oxygens (including phenoxy) is 2. The first-order valence-corrected chi connectivity index (χ1v) is 8.19. The Balaban J connectivity index is 2.00. The number of carbonyl (C=O) groups is 1. The lowest BCUT2D eigenvalue weighted by Gasteiger charge is -2.09. The fourth-order valence-electron chi connectivity index (χ4n) is 2.59. The minimum atomic E-state index is -1.15. The maximum Gasteiger partial charge on any atom is 0.291 e. The van der Waals surface area contributed by atoms with E-state index in [4.69, 9.17) is 20.6 Å². The number of benzene rings is 2. The van der Waals surface area contributed by atoms with E-state index in [0.29, 0.717) is 11.4 Å². The summed E-state index contributed by atoms with van der Waals surface area (Å²) < 4.78 is 9.82. The van der Waals surface area contributed by atoms with Gasteiger partial charge in [0.1, 0.15) is 6.61 Å². The van der Waals surface area contributed by atoms with Gasteiger partial charge >= 0.3 is 0 Å². The SMILES string of the molecule is COCC(=N)O/C(N)=N/C1N=C(c2ccccc2)c2ccccc2NC1=O. The summed E-state index contributed by atoms with van der Waals surface area (Å²) in [4.78, 5) is 21.1. The number of methoxy groups -OCH3 is 1. The van der Waals surface area contributed by atoms with Gasteiger partial charge in [-0.15, -0.1) is 0 Å². The molecule has 1 aliphatic heterocycles. The quantitative estimate of drug-likeness (QED) is 0.564. The number of nitrogens with two attached hydrogens (primary N) is 1. The van der Waals surface area contributed by atoms with Crippen molar-refractivity contribution in [3.05, 3.63) is 65.7 Å². The van der Waals surface area contributed by atoms with E-state index in [2.05, 4.69) is 15.3 Å². The number of amides is 1. The molecule has 0 bridgehead atoms. The monoisotopic (exact) mass is 365 g/mol. The van der Waals surface area contributed by atoms with E-state index in [1.54, 1.807) is 6.07 Å². The van der Waals surface area contributed by atoms with Crippen LogP contribution in [0.2, 0.25) is 0 Å². The van der Waals surface area contributed by atoms with E-state index in [-0.39, 0.29) is 18.5 Å². The number of aliphatic imine (C=N–C) groups is 2. The molecule has 138 valence electrons. The zero-order valence-electron chi connectivity index (χ0n) is 14.7. The number of hydrogen-bond acceptors (Lipinski definition) is 6. The van der Waals surface area contributed by atoms with Crippen molar-refractivity contribution < 1.29 is 14.3 Å². The van der Waals surface area contributed by atoms with Crippen molar-refractivity contribution >= 4 is 29.2 Å². The van der Waals surface area contributed by atoms with Gasteiger partial charge in [-0.2, -0.15) is 4.99 Å². The van der Waals surface area contributed by atoms with Gasteiger partial charge in [0.15, 0.2) is 0 Å². The molecule has 8 heteroatoms. The lowest BCUT2D eigenvalue weighted by atomic mass is 10.0. The summed E-state index contributed by atoms with van der Waals surface area (Å²) in [5, 5.41) is 10.4. The molecule has 0 saturated heterocycles. The second-order valence-electron chi connectivity index (χ2n) is 5.68. The van der Waals surface area contributed by atoms with Crippen LogP contribution >= 0.6 is 0 Å². The Morgan fingerprint density at radius 1 is 1.22 bits per heavy atom. The molecule has 8 nitrogen and oxygen atoms in total. The molecular weight excluding hydrogens is 346 g/mol. The molecule has 0 fully saturated rings. The maximum atomic E-state index is 12.6. The molecule has 1 amide bonds. The largest absolute Gasteiger partial charge is 0.409 e. The van der Waals surface area contributed by atoms with Crippen LogP contribution in [-0.2, 0) is 14.3 Å².